The quantitative estimate of drug-likeness (QED) is 0.181. The highest BCUT2D eigenvalue weighted by Gasteiger charge is 2.21. The summed E-state index contributed by atoms with van der Waals surface area (Å²) in [5.74, 6) is 0. The average molecular weight is 662 g/mol. The van der Waals surface area contributed by atoms with Gasteiger partial charge in [-0.05, 0) is 70.8 Å². The third-order valence-corrected chi connectivity index (χ3v) is 10.4. The lowest BCUT2D eigenvalue weighted by atomic mass is 9.91. The van der Waals surface area contributed by atoms with Gasteiger partial charge < -0.3 is 9.13 Å². The third kappa shape index (κ3) is 4.59. The summed E-state index contributed by atoms with van der Waals surface area (Å²) >= 11 is 0. The number of para-hydroxylation sites is 3. The van der Waals surface area contributed by atoms with Gasteiger partial charge in [-0.25, -0.2) is 0 Å². The minimum Gasteiger partial charge on any atom is -0.309 e. The van der Waals surface area contributed by atoms with E-state index in [2.05, 4.69) is 167 Å². The molecule has 0 aliphatic heterocycles. The lowest BCUT2D eigenvalue weighted by Gasteiger charge is -2.16. The van der Waals surface area contributed by atoms with Gasteiger partial charge in [0.2, 0.25) is 0 Å². The first-order valence-electron chi connectivity index (χ1n) is 17.6. The number of hydrogen-bond donors (Lipinski definition) is 0. The molecule has 10 rings (SSSR count). The van der Waals surface area contributed by atoms with E-state index in [1.165, 1.54) is 38.1 Å². The predicted octanol–water partition coefficient (Wildman–Crippen LogP) is 12.8. The molecule has 0 saturated carbocycles. The Labute approximate surface area is 301 Å². The van der Waals surface area contributed by atoms with Gasteiger partial charge in [-0.2, -0.15) is 5.26 Å². The Morgan fingerprint density at radius 1 is 0.346 bits per heavy atom. The lowest BCUT2D eigenvalue weighted by molar-refractivity contribution is 1.18. The second kappa shape index (κ2) is 12.0. The summed E-state index contributed by atoms with van der Waals surface area (Å²) in [5, 5.41) is 15.5. The maximum Gasteiger partial charge on any atom is 0.100 e. The maximum absolute atomic E-state index is 10.6. The van der Waals surface area contributed by atoms with Crippen LogP contribution in [0.4, 0.5) is 0 Å². The maximum atomic E-state index is 10.6. The van der Waals surface area contributed by atoms with E-state index in [4.69, 9.17) is 0 Å². The molecule has 0 spiro atoms. The molecular weight excluding hydrogens is 631 g/mol. The Kier molecular flexibility index (Phi) is 6.87. The largest absolute Gasteiger partial charge is 0.309 e. The zero-order valence-electron chi connectivity index (χ0n) is 28.2. The molecule has 0 bridgehead atoms. The van der Waals surface area contributed by atoms with Crippen LogP contribution in [0.1, 0.15) is 5.56 Å². The zero-order valence-corrected chi connectivity index (χ0v) is 28.2. The molecule has 52 heavy (non-hydrogen) atoms. The molecule has 0 radical (unpaired) electrons. The third-order valence-electron chi connectivity index (χ3n) is 10.4. The van der Waals surface area contributed by atoms with Crippen LogP contribution in [0.3, 0.4) is 0 Å². The Morgan fingerprint density at radius 2 is 0.865 bits per heavy atom. The number of aromatic nitrogens is 2. The Morgan fingerprint density at radius 3 is 1.52 bits per heavy atom. The van der Waals surface area contributed by atoms with Gasteiger partial charge in [0.1, 0.15) is 6.07 Å². The van der Waals surface area contributed by atoms with E-state index < -0.39 is 0 Å². The number of hydrogen-bond acceptors (Lipinski definition) is 1. The number of nitrogens with zero attached hydrogens (tertiary/aromatic N) is 3. The normalized spacial score (nSPS) is 11.4. The van der Waals surface area contributed by atoms with E-state index in [0.717, 1.165) is 50.2 Å². The summed E-state index contributed by atoms with van der Waals surface area (Å²) in [4.78, 5) is 0. The topological polar surface area (TPSA) is 33.6 Å². The molecule has 0 aliphatic carbocycles. The van der Waals surface area contributed by atoms with Crippen LogP contribution >= 0.6 is 0 Å². The van der Waals surface area contributed by atoms with Gasteiger partial charge in [0.25, 0.3) is 0 Å². The summed E-state index contributed by atoms with van der Waals surface area (Å²) in [5.41, 5.74) is 13.6. The van der Waals surface area contributed by atoms with Gasteiger partial charge in [0.05, 0.1) is 27.6 Å². The molecular formula is C49H31N3. The molecule has 0 unspecified atom stereocenters. The van der Waals surface area contributed by atoms with E-state index >= 15 is 0 Å². The molecule has 0 amide bonds. The van der Waals surface area contributed by atoms with Crippen molar-refractivity contribution in [3.8, 4) is 50.8 Å². The molecule has 0 saturated heterocycles. The summed E-state index contributed by atoms with van der Waals surface area (Å²) in [6.07, 6.45) is 0. The Balaban J connectivity index is 1.26. The minimum absolute atomic E-state index is 0.671. The van der Waals surface area contributed by atoms with Crippen molar-refractivity contribution in [2.75, 3.05) is 0 Å². The fourth-order valence-corrected chi connectivity index (χ4v) is 8.10. The highest BCUT2D eigenvalue weighted by Crippen LogP contribution is 2.43. The Hall–Kier alpha value is -7.15. The van der Waals surface area contributed by atoms with E-state index in [0.29, 0.717) is 5.56 Å². The van der Waals surface area contributed by atoms with Gasteiger partial charge in [0.15, 0.2) is 0 Å². The van der Waals surface area contributed by atoms with Gasteiger partial charge in [-0.1, -0.05) is 140 Å². The fraction of sp³-hybridized carbons (Fsp3) is 0. The number of fused-ring (bicyclic) bond motifs is 6. The predicted molar refractivity (Wildman–Crippen MR) is 216 cm³/mol. The van der Waals surface area contributed by atoms with Crippen LogP contribution in [0, 0.1) is 11.3 Å². The number of benzene rings is 8. The first-order chi connectivity index (χ1) is 25.8. The van der Waals surface area contributed by atoms with Crippen LogP contribution in [0.25, 0.3) is 88.4 Å². The Bertz CT molecular complexity index is 2940. The van der Waals surface area contributed by atoms with Crippen LogP contribution in [-0.2, 0) is 0 Å². The molecule has 0 aliphatic rings. The smallest absolute Gasteiger partial charge is 0.100 e. The second-order valence-electron chi connectivity index (χ2n) is 13.2. The van der Waals surface area contributed by atoms with Gasteiger partial charge in [0, 0.05) is 44.0 Å². The van der Waals surface area contributed by atoms with Gasteiger partial charge in [-0.15, -0.1) is 0 Å². The van der Waals surface area contributed by atoms with Crippen LogP contribution in [0.5, 0.6) is 0 Å². The minimum atomic E-state index is 0.671. The summed E-state index contributed by atoms with van der Waals surface area (Å²) < 4.78 is 4.75. The van der Waals surface area contributed by atoms with Gasteiger partial charge in [-0.3, -0.25) is 0 Å². The molecule has 3 nitrogen and oxygen atoms in total. The highest BCUT2D eigenvalue weighted by molar-refractivity contribution is 6.17. The van der Waals surface area contributed by atoms with Crippen molar-refractivity contribution in [2.45, 2.75) is 0 Å². The highest BCUT2D eigenvalue weighted by atomic mass is 15.0. The lowest BCUT2D eigenvalue weighted by Crippen LogP contribution is -1.99. The van der Waals surface area contributed by atoms with Crippen molar-refractivity contribution in [1.29, 1.82) is 5.26 Å². The SMILES string of the molecule is N#Cc1c(-c2ccccc2)cc(-n2c3ccccc3c3c(-c4ccc5c6ccccc6n(-c6ccccc6)c5c4)cccc32)cc1-c1ccccc1. The molecule has 0 N–H and O–H groups in total. The molecule has 242 valence electrons. The average Bonchev–Trinajstić information content (AvgIpc) is 3.74. The van der Waals surface area contributed by atoms with Crippen LogP contribution in [-0.4, -0.2) is 9.13 Å². The van der Waals surface area contributed by atoms with E-state index in [9.17, 15) is 5.26 Å². The van der Waals surface area contributed by atoms with E-state index in [1.54, 1.807) is 0 Å². The number of rotatable bonds is 5. The molecule has 0 fully saturated rings. The first kappa shape index (κ1) is 29.7. The molecule has 0 atom stereocenters. The van der Waals surface area contributed by atoms with E-state index in [-0.39, 0.29) is 0 Å². The van der Waals surface area contributed by atoms with Crippen molar-refractivity contribution in [3.63, 3.8) is 0 Å². The second-order valence-corrected chi connectivity index (χ2v) is 13.2. The molecule has 10 aromatic rings. The van der Waals surface area contributed by atoms with Crippen LogP contribution in [0.2, 0.25) is 0 Å². The van der Waals surface area contributed by atoms with Crippen molar-refractivity contribution in [2.24, 2.45) is 0 Å². The zero-order chi connectivity index (χ0) is 34.6. The summed E-state index contributed by atoms with van der Waals surface area (Å²) in [7, 11) is 0. The van der Waals surface area contributed by atoms with Crippen molar-refractivity contribution >= 4 is 43.6 Å². The molecule has 8 aromatic carbocycles. The first-order valence-corrected chi connectivity index (χ1v) is 17.6. The van der Waals surface area contributed by atoms with Crippen molar-refractivity contribution in [3.05, 3.63) is 194 Å². The van der Waals surface area contributed by atoms with E-state index in [1.807, 2.05) is 36.4 Å². The van der Waals surface area contributed by atoms with Crippen LogP contribution in [0.15, 0.2) is 188 Å². The summed E-state index contributed by atoms with van der Waals surface area (Å²) in [6.45, 7) is 0. The standard InChI is InChI=1S/C49H31N3/c50-32-44-42(33-15-4-1-5-16-33)30-37(31-43(44)34-17-6-2-7-18-34)52-46-25-13-11-22-41(46)49-38(23-14-26-47(49)52)35-27-28-40-39-21-10-12-24-45(39)51(48(40)29-35)36-19-8-3-9-20-36/h1-31H. The molecule has 2 heterocycles. The van der Waals surface area contributed by atoms with Crippen molar-refractivity contribution < 1.29 is 0 Å². The van der Waals surface area contributed by atoms with Crippen molar-refractivity contribution in [1.82, 2.24) is 9.13 Å². The van der Waals surface area contributed by atoms with Gasteiger partial charge >= 0.3 is 0 Å². The number of nitriles is 1. The van der Waals surface area contributed by atoms with Crippen LogP contribution < -0.4 is 0 Å². The fourth-order valence-electron chi connectivity index (χ4n) is 8.10. The summed E-state index contributed by atoms with van der Waals surface area (Å²) in [6, 6.07) is 69.0. The monoisotopic (exact) mass is 661 g/mol. The molecule has 3 heteroatoms. The molecule has 2 aromatic heterocycles.